The quantitative estimate of drug-likeness (QED) is 0.130. The van der Waals surface area contributed by atoms with Gasteiger partial charge in [0.2, 0.25) is 11.8 Å². The summed E-state index contributed by atoms with van der Waals surface area (Å²) in [6, 6.07) is 21.6. The number of carbonyl (C=O) groups is 3. The van der Waals surface area contributed by atoms with Crippen LogP contribution in [0.4, 0.5) is 0 Å². The van der Waals surface area contributed by atoms with E-state index < -0.39 is 23.8 Å². The van der Waals surface area contributed by atoms with E-state index in [0.29, 0.717) is 16.6 Å². The van der Waals surface area contributed by atoms with Crippen molar-refractivity contribution in [3.05, 3.63) is 112 Å². The highest BCUT2D eigenvalue weighted by Crippen LogP contribution is 2.31. The van der Waals surface area contributed by atoms with Crippen LogP contribution in [0.25, 0.3) is 22.5 Å². The van der Waals surface area contributed by atoms with Gasteiger partial charge in [-0.1, -0.05) is 57.2 Å². The fraction of sp³-hybridized carbons (Fsp3) is 0.263. The molecule has 1 amide bonds. The van der Waals surface area contributed by atoms with Gasteiger partial charge in [-0.05, 0) is 67.1 Å². The first-order chi connectivity index (χ1) is 22.9. The number of carbonyl (C=O) groups excluding carboxylic acids is 2. The number of hydrogen-bond acceptors (Lipinski definition) is 8. The van der Waals surface area contributed by atoms with E-state index in [-0.39, 0.29) is 24.0 Å². The van der Waals surface area contributed by atoms with E-state index >= 15 is 0 Å². The molecule has 3 aromatic heterocycles. The molecule has 48 heavy (non-hydrogen) atoms. The number of carboxylic acids is 1. The zero-order valence-corrected chi connectivity index (χ0v) is 28.4. The van der Waals surface area contributed by atoms with Gasteiger partial charge in [0.1, 0.15) is 11.8 Å². The summed E-state index contributed by atoms with van der Waals surface area (Å²) in [5.74, 6) is -0.763. The highest BCUT2D eigenvalue weighted by molar-refractivity contribution is 7.14. The molecule has 0 unspecified atom stereocenters. The number of Topliss-reactive ketones (excluding diaryl/α,β-unsaturated/α-hetero) is 1. The van der Waals surface area contributed by atoms with Crippen LogP contribution >= 0.6 is 11.3 Å². The van der Waals surface area contributed by atoms with Crippen molar-refractivity contribution in [1.29, 1.82) is 0 Å². The highest BCUT2D eigenvalue weighted by Gasteiger charge is 2.27. The van der Waals surface area contributed by atoms with E-state index in [0.717, 1.165) is 38.4 Å². The van der Waals surface area contributed by atoms with Crippen molar-refractivity contribution in [3.8, 4) is 34.1 Å². The second-order valence-electron chi connectivity index (χ2n) is 12.8. The number of ether oxygens (including phenoxy) is 1. The van der Waals surface area contributed by atoms with Crippen molar-refractivity contribution in [2.45, 2.75) is 58.9 Å². The van der Waals surface area contributed by atoms with Crippen LogP contribution in [-0.4, -0.2) is 43.8 Å². The molecule has 2 atom stereocenters. The number of nitrogens with zero attached hydrogens (tertiary/aromatic N) is 3. The second-order valence-corrected chi connectivity index (χ2v) is 13.9. The van der Waals surface area contributed by atoms with Crippen molar-refractivity contribution in [2.75, 3.05) is 0 Å². The number of carboxylic acid groups (broad SMARTS) is 1. The number of rotatable bonds is 12. The molecule has 246 valence electrons. The van der Waals surface area contributed by atoms with E-state index in [9.17, 15) is 19.5 Å². The summed E-state index contributed by atoms with van der Waals surface area (Å²) in [6.07, 6.45) is 5.41. The average molecular weight is 663 g/mol. The summed E-state index contributed by atoms with van der Waals surface area (Å²) in [6.45, 7) is 9.66. The molecule has 3 heterocycles. The third-order valence-electron chi connectivity index (χ3n) is 7.78. The van der Waals surface area contributed by atoms with Gasteiger partial charge in [0.25, 0.3) is 0 Å². The minimum atomic E-state index is -1.14. The summed E-state index contributed by atoms with van der Waals surface area (Å²) in [7, 11) is 0. The smallest absolute Gasteiger partial charge is 0.325 e. The molecule has 0 aliphatic heterocycles. The minimum absolute atomic E-state index is 0.0392. The first-order valence-corrected chi connectivity index (χ1v) is 16.5. The maximum Gasteiger partial charge on any atom is 0.325 e. The lowest BCUT2D eigenvalue weighted by Crippen LogP contribution is -2.42. The van der Waals surface area contributed by atoms with Crippen LogP contribution in [0.2, 0.25) is 0 Å². The first kappa shape index (κ1) is 34.1. The molecule has 5 aromatic rings. The predicted molar refractivity (Wildman–Crippen MR) is 186 cm³/mol. The molecule has 2 aromatic carbocycles. The van der Waals surface area contributed by atoms with Crippen molar-refractivity contribution in [1.82, 2.24) is 20.3 Å². The Bertz CT molecular complexity index is 1900. The number of nitrogens with one attached hydrogen (secondary N) is 1. The van der Waals surface area contributed by atoms with Gasteiger partial charge in [-0.3, -0.25) is 14.4 Å². The van der Waals surface area contributed by atoms with Gasteiger partial charge in [0.05, 0.1) is 4.88 Å². The summed E-state index contributed by atoms with van der Waals surface area (Å²) in [5, 5.41) is 11.9. The fourth-order valence-corrected chi connectivity index (χ4v) is 5.99. The van der Waals surface area contributed by atoms with Crippen LogP contribution < -0.4 is 10.1 Å². The lowest BCUT2D eigenvalue weighted by atomic mass is 9.92. The molecule has 0 saturated heterocycles. The molecule has 0 bridgehead atoms. The highest BCUT2D eigenvalue weighted by atomic mass is 32.1. The Morgan fingerprint density at radius 3 is 2.17 bits per heavy atom. The maximum atomic E-state index is 13.3. The molecule has 2 N–H and O–H groups in total. The third kappa shape index (κ3) is 8.77. The molecule has 0 spiro atoms. The molecule has 0 aliphatic rings. The van der Waals surface area contributed by atoms with Gasteiger partial charge in [0, 0.05) is 58.6 Å². The Morgan fingerprint density at radius 1 is 0.875 bits per heavy atom. The van der Waals surface area contributed by atoms with Gasteiger partial charge < -0.3 is 15.2 Å². The van der Waals surface area contributed by atoms with Gasteiger partial charge in [-0.15, -0.1) is 11.3 Å². The van der Waals surface area contributed by atoms with E-state index in [4.69, 9.17) is 4.74 Å². The zero-order chi connectivity index (χ0) is 34.4. The number of hydrogen-bond donors (Lipinski definition) is 2. The van der Waals surface area contributed by atoms with Crippen molar-refractivity contribution < 1.29 is 24.2 Å². The van der Waals surface area contributed by atoms with Gasteiger partial charge in [-0.25, -0.2) is 15.0 Å². The van der Waals surface area contributed by atoms with E-state index in [2.05, 4.69) is 41.0 Å². The summed E-state index contributed by atoms with van der Waals surface area (Å²) < 4.78 is 5.85. The monoisotopic (exact) mass is 662 g/mol. The Hall–Kier alpha value is -5.22. The van der Waals surface area contributed by atoms with Crippen LogP contribution in [0.1, 0.15) is 59.8 Å². The second kappa shape index (κ2) is 14.7. The average Bonchev–Trinajstić information content (AvgIpc) is 3.57. The normalized spacial score (nSPS) is 12.6. The number of aryl methyl sites for hydroxylation is 1. The number of amides is 1. The topological polar surface area (TPSA) is 131 Å². The van der Waals surface area contributed by atoms with E-state index in [1.807, 2.05) is 67.6 Å². The Balaban J connectivity index is 1.26. The summed E-state index contributed by atoms with van der Waals surface area (Å²) in [4.78, 5) is 53.1. The van der Waals surface area contributed by atoms with Crippen LogP contribution in [0, 0.1) is 12.8 Å². The Kier molecular flexibility index (Phi) is 10.4. The molecule has 0 aliphatic carbocycles. The summed E-state index contributed by atoms with van der Waals surface area (Å²) >= 11 is 1.43. The van der Waals surface area contributed by atoms with Gasteiger partial charge >= 0.3 is 5.97 Å². The van der Waals surface area contributed by atoms with Crippen molar-refractivity contribution in [2.24, 2.45) is 5.92 Å². The van der Waals surface area contributed by atoms with Crippen LogP contribution in [0.3, 0.4) is 0 Å². The van der Waals surface area contributed by atoms with Crippen molar-refractivity contribution in [3.63, 3.8) is 0 Å². The van der Waals surface area contributed by atoms with Gasteiger partial charge in [-0.2, -0.15) is 0 Å². The zero-order valence-electron chi connectivity index (χ0n) is 27.6. The number of benzene rings is 2. The number of thiophene rings is 1. The molecular formula is C38H38N4O5S. The number of aromatic nitrogens is 3. The van der Waals surface area contributed by atoms with Gasteiger partial charge in [0.15, 0.2) is 11.6 Å². The van der Waals surface area contributed by atoms with E-state index in [1.165, 1.54) is 18.3 Å². The molecular weight excluding hydrogens is 625 g/mol. The number of pyridine rings is 1. The largest absolute Gasteiger partial charge is 0.480 e. The molecule has 10 heteroatoms. The fourth-order valence-electron chi connectivity index (χ4n) is 4.98. The molecule has 9 nitrogen and oxygen atoms in total. The molecule has 5 rings (SSSR count). The van der Waals surface area contributed by atoms with Crippen LogP contribution in [0.15, 0.2) is 91.4 Å². The van der Waals surface area contributed by atoms with Crippen LogP contribution in [-0.2, 0) is 21.4 Å². The molecule has 0 fully saturated rings. The SMILES string of the molecule is Cc1cccc(Oc2ccc(-c3cnc(-c4ccc(C[C@H](CC(=O)c5ccc(C(C)(C)C)s5)C(=O)N[C@H](C)C(=O)O)cc4)nc3)cn2)c1. The van der Waals surface area contributed by atoms with Crippen molar-refractivity contribution >= 4 is 29.0 Å². The molecule has 0 radical (unpaired) electrons. The Morgan fingerprint density at radius 2 is 1.56 bits per heavy atom. The lowest BCUT2D eigenvalue weighted by Gasteiger charge is -2.18. The number of aliphatic carboxylic acids is 1. The lowest BCUT2D eigenvalue weighted by molar-refractivity contribution is -0.141. The van der Waals surface area contributed by atoms with E-state index in [1.54, 1.807) is 30.7 Å². The molecule has 0 saturated carbocycles. The minimum Gasteiger partial charge on any atom is -0.480 e. The predicted octanol–water partition coefficient (Wildman–Crippen LogP) is 7.69. The standard InChI is InChI=1S/C38H38N4O5S/c1-23-7-6-8-30(17-23)47-34-16-13-27(20-39-34)29-21-40-35(41-22-29)26-11-9-25(10-12-26)18-28(36(44)42-24(2)37(45)46)19-31(43)32-14-15-33(48-32)38(3,4)5/h6-17,20-22,24,28H,18-19H2,1-5H3,(H,42,44)(H,45,46)/t24-,28-/m1/s1. The van der Waals surface area contributed by atoms with Crippen LogP contribution in [0.5, 0.6) is 11.6 Å². The summed E-state index contributed by atoms with van der Waals surface area (Å²) in [5.41, 5.74) is 4.28. The first-order valence-electron chi connectivity index (χ1n) is 15.6. The Labute approximate surface area is 284 Å². The maximum absolute atomic E-state index is 13.3. The number of ketones is 1. The third-order valence-corrected chi connectivity index (χ3v) is 9.33.